The second-order valence-electron chi connectivity index (χ2n) is 5.96. The van der Waals surface area contributed by atoms with Crippen LogP contribution in [0, 0.1) is 11.3 Å². The topological polar surface area (TPSA) is 79.6 Å². The minimum Gasteiger partial charge on any atom is -0.484 e. The van der Waals surface area contributed by atoms with E-state index in [1.54, 1.807) is 24.3 Å². The van der Waals surface area contributed by atoms with Crippen LogP contribution in [0.1, 0.15) is 16.7 Å². The van der Waals surface area contributed by atoms with Gasteiger partial charge in [0.1, 0.15) is 11.8 Å². The van der Waals surface area contributed by atoms with E-state index >= 15 is 0 Å². The Hall–Kier alpha value is -3.33. The molecule has 1 aliphatic heterocycles. The standard InChI is InChI=1S/C20H18N2O4/c1-25-20(24)18-10-15-4-2-3-5-16(15)12-22(18)19(23)13-26-17-8-6-14(11-21)7-9-17/h2-9,18H,10,12-13H2,1H3/t18-/m1/s1. The number of ether oxygens (including phenoxy) is 2. The zero-order chi connectivity index (χ0) is 18.5. The Balaban J connectivity index is 1.73. The number of fused-ring (bicyclic) bond motifs is 1. The highest BCUT2D eigenvalue weighted by atomic mass is 16.5. The second kappa shape index (κ2) is 7.70. The van der Waals surface area contributed by atoms with Gasteiger partial charge in [-0.1, -0.05) is 24.3 Å². The van der Waals surface area contributed by atoms with Gasteiger partial charge >= 0.3 is 5.97 Å². The Kier molecular flexibility index (Phi) is 5.18. The Morgan fingerprint density at radius 1 is 1.15 bits per heavy atom. The SMILES string of the molecule is COC(=O)[C@H]1Cc2ccccc2CN1C(=O)COc1ccc(C#N)cc1. The molecular weight excluding hydrogens is 332 g/mol. The molecule has 0 saturated heterocycles. The summed E-state index contributed by atoms with van der Waals surface area (Å²) in [5.74, 6) is -0.241. The van der Waals surface area contributed by atoms with E-state index in [-0.39, 0.29) is 12.5 Å². The average Bonchev–Trinajstić information content (AvgIpc) is 2.70. The number of esters is 1. The lowest BCUT2D eigenvalue weighted by atomic mass is 9.94. The Bertz CT molecular complexity index is 855. The Labute approximate surface area is 151 Å². The fourth-order valence-corrected chi connectivity index (χ4v) is 2.99. The van der Waals surface area contributed by atoms with Crippen molar-refractivity contribution in [1.82, 2.24) is 4.90 Å². The molecule has 1 amide bonds. The van der Waals surface area contributed by atoms with E-state index in [0.717, 1.165) is 11.1 Å². The van der Waals surface area contributed by atoms with Crippen molar-refractivity contribution in [2.24, 2.45) is 0 Å². The zero-order valence-electron chi connectivity index (χ0n) is 14.3. The zero-order valence-corrected chi connectivity index (χ0v) is 14.3. The minimum absolute atomic E-state index is 0.193. The van der Waals surface area contributed by atoms with E-state index in [1.807, 2.05) is 30.3 Å². The van der Waals surface area contributed by atoms with Crippen LogP contribution in [0.15, 0.2) is 48.5 Å². The fraction of sp³-hybridized carbons (Fsp3) is 0.250. The highest BCUT2D eigenvalue weighted by molar-refractivity contribution is 5.86. The quantitative estimate of drug-likeness (QED) is 0.789. The van der Waals surface area contributed by atoms with Gasteiger partial charge < -0.3 is 14.4 Å². The summed E-state index contributed by atoms with van der Waals surface area (Å²) in [6, 6.07) is 15.6. The van der Waals surface area contributed by atoms with Gasteiger partial charge in [-0.3, -0.25) is 4.79 Å². The Morgan fingerprint density at radius 2 is 1.85 bits per heavy atom. The number of rotatable bonds is 4. The summed E-state index contributed by atoms with van der Waals surface area (Å²) in [6.07, 6.45) is 0.422. The first-order chi connectivity index (χ1) is 12.6. The lowest BCUT2D eigenvalue weighted by Gasteiger charge is -2.35. The van der Waals surface area contributed by atoms with Crippen LogP contribution in [-0.4, -0.2) is 36.5 Å². The summed E-state index contributed by atoms with van der Waals surface area (Å²) in [6.45, 7) is 0.146. The molecule has 0 saturated carbocycles. The molecule has 1 aliphatic rings. The number of carbonyl (C=O) groups excluding carboxylic acids is 2. The smallest absolute Gasteiger partial charge is 0.328 e. The average molecular weight is 350 g/mol. The summed E-state index contributed by atoms with van der Waals surface area (Å²) < 4.78 is 10.4. The molecule has 2 aromatic carbocycles. The van der Waals surface area contributed by atoms with Crippen molar-refractivity contribution < 1.29 is 19.1 Å². The van der Waals surface area contributed by atoms with Crippen LogP contribution in [0.2, 0.25) is 0 Å². The molecule has 0 unspecified atom stereocenters. The normalized spacial score (nSPS) is 15.5. The number of hydrogen-bond donors (Lipinski definition) is 0. The summed E-state index contributed by atoms with van der Waals surface area (Å²) in [4.78, 5) is 26.3. The van der Waals surface area contributed by atoms with Crippen LogP contribution in [0.3, 0.4) is 0 Å². The van der Waals surface area contributed by atoms with E-state index in [4.69, 9.17) is 14.7 Å². The molecule has 0 bridgehead atoms. The fourth-order valence-electron chi connectivity index (χ4n) is 2.99. The predicted octanol–water partition coefficient (Wildman–Crippen LogP) is 2.06. The van der Waals surface area contributed by atoms with Crippen LogP contribution in [0.4, 0.5) is 0 Å². The third-order valence-corrected chi connectivity index (χ3v) is 4.39. The minimum atomic E-state index is -0.660. The van der Waals surface area contributed by atoms with Gasteiger partial charge in [-0.25, -0.2) is 4.79 Å². The highest BCUT2D eigenvalue weighted by Crippen LogP contribution is 2.24. The molecule has 2 aromatic rings. The maximum absolute atomic E-state index is 12.7. The van der Waals surface area contributed by atoms with Crippen LogP contribution >= 0.6 is 0 Å². The molecule has 0 aliphatic carbocycles. The summed E-state index contributed by atoms with van der Waals surface area (Å²) in [5.41, 5.74) is 2.57. The van der Waals surface area contributed by atoms with Gasteiger partial charge in [0.2, 0.25) is 0 Å². The van der Waals surface area contributed by atoms with Gasteiger partial charge in [-0.15, -0.1) is 0 Å². The number of methoxy groups -OCH3 is 1. The molecule has 0 aromatic heterocycles. The van der Waals surface area contributed by atoms with E-state index in [0.29, 0.717) is 24.3 Å². The predicted molar refractivity (Wildman–Crippen MR) is 93.2 cm³/mol. The van der Waals surface area contributed by atoms with Crippen molar-refractivity contribution >= 4 is 11.9 Å². The van der Waals surface area contributed by atoms with Gasteiger partial charge in [0, 0.05) is 13.0 Å². The Morgan fingerprint density at radius 3 is 2.50 bits per heavy atom. The first-order valence-electron chi connectivity index (χ1n) is 8.19. The van der Waals surface area contributed by atoms with E-state index in [9.17, 15) is 9.59 Å². The number of hydrogen-bond acceptors (Lipinski definition) is 5. The van der Waals surface area contributed by atoms with Crippen LogP contribution in [-0.2, 0) is 27.3 Å². The molecule has 0 N–H and O–H groups in total. The van der Waals surface area contributed by atoms with Crippen molar-refractivity contribution in [2.75, 3.05) is 13.7 Å². The number of nitriles is 1. The summed E-state index contributed by atoms with van der Waals surface area (Å²) in [5, 5.41) is 8.81. The van der Waals surface area contributed by atoms with Crippen LogP contribution in [0.5, 0.6) is 5.75 Å². The maximum atomic E-state index is 12.7. The molecule has 0 radical (unpaired) electrons. The van der Waals surface area contributed by atoms with Crippen LogP contribution in [0.25, 0.3) is 0 Å². The van der Waals surface area contributed by atoms with E-state index in [2.05, 4.69) is 0 Å². The molecule has 1 heterocycles. The molecule has 6 heteroatoms. The van der Waals surface area contributed by atoms with Crippen molar-refractivity contribution in [3.63, 3.8) is 0 Å². The van der Waals surface area contributed by atoms with Gasteiger partial charge in [-0.05, 0) is 35.4 Å². The van der Waals surface area contributed by atoms with Gasteiger partial charge in [0.15, 0.2) is 6.61 Å². The largest absolute Gasteiger partial charge is 0.484 e. The third kappa shape index (κ3) is 3.67. The first-order valence-corrected chi connectivity index (χ1v) is 8.19. The van der Waals surface area contributed by atoms with Gasteiger partial charge in [0.25, 0.3) is 5.91 Å². The molecule has 3 rings (SSSR count). The molecule has 0 fully saturated rings. The second-order valence-corrected chi connectivity index (χ2v) is 5.96. The first kappa shape index (κ1) is 17.5. The van der Waals surface area contributed by atoms with E-state index < -0.39 is 12.0 Å². The molecule has 132 valence electrons. The monoisotopic (exact) mass is 350 g/mol. The summed E-state index contributed by atoms with van der Waals surface area (Å²) in [7, 11) is 1.32. The third-order valence-electron chi connectivity index (χ3n) is 4.39. The lowest BCUT2D eigenvalue weighted by Crippen LogP contribution is -2.50. The molecule has 0 spiro atoms. The number of carbonyl (C=O) groups is 2. The highest BCUT2D eigenvalue weighted by Gasteiger charge is 2.35. The molecule has 26 heavy (non-hydrogen) atoms. The maximum Gasteiger partial charge on any atom is 0.328 e. The number of benzene rings is 2. The molecular formula is C20H18N2O4. The van der Waals surface area contributed by atoms with Crippen molar-refractivity contribution in [2.45, 2.75) is 19.0 Å². The molecule has 6 nitrogen and oxygen atoms in total. The van der Waals surface area contributed by atoms with Crippen molar-refractivity contribution in [3.8, 4) is 11.8 Å². The summed E-state index contributed by atoms with van der Waals surface area (Å²) >= 11 is 0. The lowest BCUT2D eigenvalue weighted by molar-refractivity contribution is -0.154. The van der Waals surface area contributed by atoms with Crippen LogP contribution < -0.4 is 4.74 Å². The molecule has 1 atom stereocenters. The van der Waals surface area contributed by atoms with Crippen molar-refractivity contribution in [1.29, 1.82) is 5.26 Å². The van der Waals surface area contributed by atoms with Gasteiger partial charge in [0.05, 0.1) is 18.7 Å². The number of nitrogens with zero attached hydrogens (tertiary/aromatic N) is 2. The number of amides is 1. The van der Waals surface area contributed by atoms with Gasteiger partial charge in [-0.2, -0.15) is 5.26 Å². The van der Waals surface area contributed by atoms with E-state index in [1.165, 1.54) is 12.0 Å². The van der Waals surface area contributed by atoms with Crippen molar-refractivity contribution in [3.05, 3.63) is 65.2 Å².